The number of thioether (sulfide) groups is 1. The minimum atomic E-state index is 0.435. The predicted octanol–water partition coefficient (Wildman–Crippen LogP) is 1.35. The predicted molar refractivity (Wildman–Crippen MR) is 62.2 cm³/mol. The fourth-order valence-corrected chi connectivity index (χ4v) is 2.41. The lowest BCUT2D eigenvalue weighted by atomic mass is 10.4. The number of nitrogens with two attached hydrogens (primary N) is 1. The van der Waals surface area contributed by atoms with Crippen molar-refractivity contribution < 1.29 is 4.42 Å². The van der Waals surface area contributed by atoms with Gasteiger partial charge in [-0.2, -0.15) is 0 Å². The van der Waals surface area contributed by atoms with E-state index in [0.717, 1.165) is 22.4 Å². The second kappa shape index (κ2) is 4.50. The average molecular weight is 251 g/mol. The van der Waals surface area contributed by atoms with Crippen molar-refractivity contribution in [2.45, 2.75) is 36.3 Å². The van der Waals surface area contributed by atoms with Gasteiger partial charge < -0.3 is 10.2 Å². The van der Waals surface area contributed by atoms with E-state index in [1.807, 2.05) is 16.8 Å². The monoisotopic (exact) mass is 251 g/mol. The number of tetrazole rings is 1. The molecule has 3 rings (SSSR count). The van der Waals surface area contributed by atoms with Crippen molar-refractivity contribution in [1.82, 2.24) is 20.2 Å². The Morgan fingerprint density at radius 1 is 1.41 bits per heavy atom. The molecule has 0 amide bonds. The maximum atomic E-state index is 5.52. The van der Waals surface area contributed by atoms with Crippen LogP contribution in [0, 0.1) is 0 Å². The molecule has 0 spiro atoms. The van der Waals surface area contributed by atoms with Crippen LogP contribution in [0.2, 0.25) is 0 Å². The molecule has 0 aliphatic heterocycles. The third-order valence-electron chi connectivity index (χ3n) is 2.62. The fourth-order valence-electron chi connectivity index (χ4n) is 1.57. The summed E-state index contributed by atoms with van der Waals surface area (Å²) in [4.78, 5) is 0. The molecule has 17 heavy (non-hydrogen) atoms. The highest BCUT2D eigenvalue weighted by Crippen LogP contribution is 2.36. The lowest BCUT2D eigenvalue weighted by Crippen LogP contribution is -1.98. The Labute approximate surface area is 103 Å². The van der Waals surface area contributed by atoms with Crippen molar-refractivity contribution in [3.8, 4) is 0 Å². The van der Waals surface area contributed by atoms with Crippen LogP contribution in [0.3, 0.4) is 0 Å². The van der Waals surface area contributed by atoms with Crippen LogP contribution >= 0.6 is 11.8 Å². The van der Waals surface area contributed by atoms with Gasteiger partial charge in [-0.25, -0.2) is 4.68 Å². The molecule has 1 fully saturated rings. The summed E-state index contributed by atoms with van der Waals surface area (Å²) in [6.07, 6.45) is 2.35. The first kappa shape index (κ1) is 10.8. The fraction of sp³-hybridized carbons (Fsp3) is 0.500. The normalized spacial score (nSPS) is 15.4. The summed E-state index contributed by atoms with van der Waals surface area (Å²) in [6.45, 7) is 0.435. The van der Waals surface area contributed by atoms with Crippen LogP contribution in [0.4, 0.5) is 0 Å². The maximum absolute atomic E-state index is 5.52. The number of hydrogen-bond donors (Lipinski definition) is 1. The molecule has 0 radical (unpaired) electrons. The Morgan fingerprint density at radius 2 is 2.24 bits per heavy atom. The first-order chi connectivity index (χ1) is 8.36. The molecular formula is C10H13N5OS. The minimum Gasteiger partial charge on any atom is -0.464 e. The third-order valence-corrected chi connectivity index (χ3v) is 3.57. The standard InChI is InChI=1S/C10H13N5OS/c11-5-8-3-4-9(16-8)6-17-10-12-13-14-15(10)7-1-2-7/h3-4,7H,1-2,5-6,11H2. The van der Waals surface area contributed by atoms with Gasteiger partial charge in [0.1, 0.15) is 11.5 Å². The highest BCUT2D eigenvalue weighted by Gasteiger charge is 2.27. The van der Waals surface area contributed by atoms with E-state index in [1.165, 1.54) is 12.8 Å². The quantitative estimate of drug-likeness (QED) is 0.808. The van der Waals surface area contributed by atoms with Crippen LogP contribution in [0.5, 0.6) is 0 Å². The molecule has 90 valence electrons. The molecule has 6 nitrogen and oxygen atoms in total. The summed E-state index contributed by atoms with van der Waals surface area (Å²) in [5.74, 6) is 2.44. The van der Waals surface area contributed by atoms with Crippen molar-refractivity contribution in [3.63, 3.8) is 0 Å². The van der Waals surface area contributed by atoms with Crippen molar-refractivity contribution in [2.75, 3.05) is 0 Å². The van der Waals surface area contributed by atoms with Gasteiger partial charge in [-0.15, -0.1) is 5.10 Å². The van der Waals surface area contributed by atoms with Gasteiger partial charge in [0.15, 0.2) is 0 Å². The van der Waals surface area contributed by atoms with Crippen LogP contribution in [0.15, 0.2) is 21.7 Å². The summed E-state index contributed by atoms with van der Waals surface area (Å²) in [5, 5.41) is 12.6. The molecule has 1 aliphatic rings. The van der Waals surface area contributed by atoms with E-state index in [2.05, 4.69) is 15.5 Å². The van der Waals surface area contributed by atoms with Crippen molar-refractivity contribution in [2.24, 2.45) is 5.73 Å². The van der Waals surface area contributed by atoms with Gasteiger partial charge in [-0.05, 0) is 35.4 Å². The highest BCUT2D eigenvalue weighted by molar-refractivity contribution is 7.98. The molecule has 2 heterocycles. The molecule has 1 saturated carbocycles. The summed E-state index contributed by atoms with van der Waals surface area (Å²) >= 11 is 1.59. The van der Waals surface area contributed by atoms with Gasteiger partial charge >= 0.3 is 0 Å². The lowest BCUT2D eigenvalue weighted by molar-refractivity contribution is 0.482. The van der Waals surface area contributed by atoms with E-state index in [-0.39, 0.29) is 0 Å². The summed E-state index contributed by atoms with van der Waals surface area (Å²) in [7, 11) is 0. The van der Waals surface area contributed by atoms with Gasteiger partial charge in [0, 0.05) is 0 Å². The molecule has 2 N–H and O–H groups in total. The van der Waals surface area contributed by atoms with Crippen LogP contribution < -0.4 is 5.73 Å². The Kier molecular flexibility index (Phi) is 2.86. The molecule has 7 heteroatoms. The Hall–Kier alpha value is -1.34. The zero-order chi connectivity index (χ0) is 11.7. The van der Waals surface area contributed by atoms with E-state index in [4.69, 9.17) is 10.2 Å². The smallest absolute Gasteiger partial charge is 0.210 e. The molecule has 0 atom stereocenters. The molecular weight excluding hydrogens is 238 g/mol. The molecule has 0 bridgehead atoms. The van der Waals surface area contributed by atoms with Gasteiger partial charge in [-0.3, -0.25) is 0 Å². The first-order valence-corrected chi connectivity index (χ1v) is 6.53. The van der Waals surface area contributed by atoms with Gasteiger partial charge in [0.25, 0.3) is 0 Å². The minimum absolute atomic E-state index is 0.435. The molecule has 2 aromatic rings. The average Bonchev–Trinajstić information content (AvgIpc) is 2.93. The number of rotatable bonds is 5. The molecule has 0 aromatic carbocycles. The Morgan fingerprint density at radius 3 is 2.94 bits per heavy atom. The topological polar surface area (TPSA) is 82.8 Å². The van der Waals surface area contributed by atoms with Crippen molar-refractivity contribution in [3.05, 3.63) is 23.7 Å². The van der Waals surface area contributed by atoms with Gasteiger partial charge in [0.05, 0.1) is 18.3 Å². The van der Waals surface area contributed by atoms with E-state index in [0.29, 0.717) is 12.6 Å². The van der Waals surface area contributed by atoms with Gasteiger partial charge in [-0.1, -0.05) is 11.8 Å². The van der Waals surface area contributed by atoms with Crippen LogP contribution in [0.1, 0.15) is 30.4 Å². The number of aromatic nitrogens is 4. The van der Waals surface area contributed by atoms with Crippen molar-refractivity contribution >= 4 is 11.8 Å². The second-order valence-corrected chi connectivity index (χ2v) is 4.94. The summed E-state index contributed by atoms with van der Waals surface area (Å²) < 4.78 is 7.42. The third kappa shape index (κ3) is 2.34. The van der Waals surface area contributed by atoms with Gasteiger partial charge in [0.2, 0.25) is 5.16 Å². The second-order valence-electron chi connectivity index (χ2n) is 4.00. The maximum Gasteiger partial charge on any atom is 0.210 e. The number of nitrogens with zero attached hydrogens (tertiary/aromatic N) is 4. The SMILES string of the molecule is NCc1ccc(CSc2nnnn2C2CC2)o1. The largest absolute Gasteiger partial charge is 0.464 e. The molecule has 0 saturated heterocycles. The van der Waals surface area contributed by atoms with E-state index < -0.39 is 0 Å². The summed E-state index contributed by atoms with van der Waals surface area (Å²) in [6, 6.07) is 4.35. The van der Waals surface area contributed by atoms with E-state index >= 15 is 0 Å². The Bertz CT molecular complexity index is 504. The Balaban J connectivity index is 1.64. The zero-order valence-corrected chi connectivity index (χ0v) is 10.1. The molecule has 1 aliphatic carbocycles. The van der Waals surface area contributed by atoms with Crippen LogP contribution in [-0.4, -0.2) is 20.2 Å². The number of hydrogen-bond acceptors (Lipinski definition) is 6. The van der Waals surface area contributed by atoms with E-state index in [9.17, 15) is 0 Å². The molecule has 0 unspecified atom stereocenters. The van der Waals surface area contributed by atoms with Crippen LogP contribution in [0.25, 0.3) is 0 Å². The van der Waals surface area contributed by atoms with Crippen molar-refractivity contribution in [1.29, 1.82) is 0 Å². The number of furan rings is 1. The lowest BCUT2D eigenvalue weighted by Gasteiger charge is -2.00. The molecule has 2 aromatic heterocycles. The summed E-state index contributed by atoms with van der Waals surface area (Å²) in [5.41, 5.74) is 5.49. The first-order valence-electron chi connectivity index (χ1n) is 5.55. The zero-order valence-electron chi connectivity index (χ0n) is 9.24. The highest BCUT2D eigenvalue weighted by atomic mass is 32.2. The van der Waals surface area contributed by atoms with E-state index in [1.54, 1.807) is 11.8 Å². The van der Waals surface area contributed by atoms with Crippen LogP contribution in [-0.2, 0) is 12.3 Å².